The third-order valence-electron chi connectivity index (χ3n) is 2.27. The van der Waals surface area contributed by atoms with Gasteiger partial charge in [0.05, 0.1) is 5.69 Å². The van der Waals surface area contributed by atoms with Crippen LogP contribution in [-0.2, 0) is 7.05 Å². The van der Waals surface area contributed by atoms with Crippen LogP contribution in [0.4, 0.5) is 0 Å². The molecule has 0 amide bonds. The molecule has 1 N–H and O–H groups in total. The molecular weight excluding hydrogens is 222 g/mol. The van der Waals surface area contributed by atoms with Crippen molar-refractivity contribution in [2.45, 2.75) is 0 Å². The van der Waals surface area contributed by atoms with Gasteiger partial charge >= 0.3 is 11.7 Å². The quantitative estimate of drug-likeness (QED) is 0.815. The highest BCUT2D eigenvalue weighted by Crippen LogP contribution is 2.18. The second-order valence-corrected chi connectivity index (χ2v) is 3.44. The fourth-order valence-corrected chi connectivity index (χ4v) is 1.43. The molecule has 0 spiro atoms. The molecule has 0 atom stereocenters. The lowest BCUT2D eigenvalue weighted by molar-refractivity contribution is 0.0696. The number of pyridine rings is 1. The van der Waals surface area contributed by atoms with Gasteiger partial charge in [-0.05, 0) is 12.1 Å². The van der Waals surface area contributed by atoms with Gasteiger partial charge in [0, 0.05) is 31.2 Å². The maximum atomic E-state index is 11.4. The van der Waals surface area contributed by atoms with Gasteiger partial charge in [0.1, 0.15) is 5.56 Å². The van der Waals surface area contributed by atoms with Gasteiger partial charge in [-0.3, -0.25) is 4.98 Å². The van der Waals surface area contributed by atoms with E-state index in [0.29, 0.717) is 5.56 Å². The summed E-state index contributed by atoms with van der Waals surface area (Å²) in [6.45, 7) is 0. The molecule has 2 heterocycles. The van der Waals surface area contributed by atoms with Gasteiger partial charge < -0.3 is 9.67 Å². The van der Waals surface area contributed by atoms with E-state index in [1.54, 1.807) is 12.1 Å². The summed E-state index contributed by atoms with van der Waals surface area (Å²) in [6.07, 6.45) is 4.29. The van der Waals surface area contributed by atoms with Crippen molar-refractivity contribution >= 4 is 5.97 Å². The maximum absolute atomic E-state index is 11.4. The molecule has 2 aromatic rings. The predicted octanol–water partition coefficient (Wildman–Crippen LogP) is 0.540. The van der Waals surface area contributed by atoms with Crippen molar-refractivity contribution in [2.24, 2.45) is 7.05 Å². The first-order valence-electron chi connectivity index (χ1n) is 4.81. The smallest absolute Gasteiger partial charge is 0.347 e. The first-order valence-corrected chi connectivity index (χ1v) is 4.81. The van der Waals surface area contributed by atoms with Crippen LogP contribution in [0.2, 0.25) is 0 Å². The Bertz CT molecular complexity index is 620. The first-order chi connectivity index (χ1) is 8.09. The van der Waals surface area contributed by atoms with Gasteiger partial charge in [0.15, 0.2) is 0 Å². The number of carbonyl (C=O) groups is 1. The summed E-state index contributed by atoms with van der Waals surface area (Å²) < 4.78 is 1.13. The van der Waals surface area contributed by atoms with Crippen LogP contribution in [0.25, 0.3) is 11.3 Å². The second kappa shape index (κ2) is 4.17. The summed E-state index contributed by atoms with van der Waals surface area (Å²) in [6, 6.07) is 3.21. The number of rotatable bonds is 2. The minimum atomic E-state index is -1.13. The zero-order valence-corrected chi connectivity index (χ0v) is 8.99. The van der Waals surface area contributed by atoms with E-state index < -0.39 is 11.7 Å². The highest BCUT2D eigenvalue weighted by atomic mass is 16.4. The lowest BCUT2D eigenvalue weighted by Gasteiger charge is -2.06. The van der Waals surface area contributed by atoms with Gasteiger partial charge in [0.2, 0.25) is 0 Å². The Morgan fingerprint density at radius 2 is 2.00 bits per heavy atom. The molecule has 86 valence electrons. The van der Waals surface area contributed by atoms with Crippen molar-refractivity contribution in [3.05, 3.63) is 46.8 Å². The number of nitrogens with zero attached hydrogens (tertiary/aromatic N) is 3. The zero-order chi connectivity index (χ0) is 12.4. The monoisotopic (exact) mass is 231 g/mol. The molecule has 0 bridgehead atoms. The molecule has 0 fully saturated rings. The van der Waals surface area contributed by atoms with Gasteiger partial charge in [-0.25, -0.2) is 9.59 Å². The molecule has 17 heavy (non-hydrogen) atoms. The van der Waals surface area contributed by atoms with E-state index in [-0.39, 0.29) is 11.3 Å². The summed E-state index contributed by atoms with van der Waals surface area (Å²) in [7, 11) is 1.46. The van der Waals surface area contributed by atoms with Crippen molar-refractivity contribution in [3.63, 3.8) is 0 Å². The molecule has 0 aliphatic heterocycles. The molecule has 0 aliphatic carbocycles. The number of carboxylic acid groups (broad SMARTS) is 1. The topological polar surface area (TPSA) is 85.1 Å². The number of aromatic nitrogens is 3. The average molecular weight is 231 g/mol. The minimum Gasteiger partial charge on any atom is -0.478 e. The largest absolute Gasteiger partial charge is 0.478 e. The Morgan fingerprint density at radius 3 is 2.59 bits per heavy atom. The first kappa shape index (κ1) is 11.0. The van der Waals surface area contributed by atoms with Crippen LogP contribution in [0.5, 0.6) is 0 Å². The van der Waals surface area contributed by atoms with Crippen LogP contribution in [-0.4, -0.2) is 25.6 Å². The molecule has 2 aromatic heterocycles. The average Bonchev–Trinajstić information content (AvgIpc) is 2.33. The van der Waals surface area contributed by atoms with Crippen LogP contribution in [0.15, 0.2) is 35.5 Å². The van der Waals surface area contributed by atoms with Crippen LogP contribution in [0.3, 0.4) is 0 Å². The van der Waals surface area contributed by atoms with E-state index in [1.807, 2.05) is 0 Å². The zero-order valence-electron chi connectivity index (χ0n) is 8.99. The summed E-state index contributed by atoms with van der Waals surface area (Å²) >= 11 is 0. The Hall–Kier alpha value is -2.50. The molecule has 2 rings (SSSR count). The minimum absolute atomic E-state index is 0.0155. The predicted molar refractivity (Wildman–Crippen MR) is 59.7 cm³/mol. The van der Waals surface area contributed by atoms with Crippen LogP contribution >= 0.6 is 0 Å². The Labute approximate surface area is 96.2 Å². The normalized spacial score (nSPS) is 10.2. The number of hydrogen-bond donors (Lipinski definition) is 1. The van der Waals surface area contributed by atoms with Crippen LogP contribution in [0.1, 0.15) is 10.4 Å². The van der Waals surface area contributed by atoms with E-state index >= 15 is 0 Å². The molecule has 6 heteroatoms. The fourth-order valence-electron chi connectivity index (χ4n) is 1.43. The summed E-state index contributed by atoms with van der Waals surface area (Å²) in [5.41, 5.74) is 0.193. The van der Waals surface area contributed by atoms with Gasteiger partial charge in [-0.2, -0.15) is 4.98 Å². The molecule has 0 unspecified atom stereocenters. The number of hydrogen-bond acceptors (Lipinski definition) is 4. The molecule has 0 saturated heterocycles. The molecule has 0 aliphatic rings. The third-order valence-corrected chi connectivity index (χ3v) is 2.27. The second-order valence-electron chi connectivity index (χ2n) is 3.44. The van der Waals surface area contributed by atoms with Gasteiger partial charge in [-0.15, -0.1) is 0 Å². The fraction of sp³-hybridized carbons (Fsp3) is 0.0909. The Balaban J connectivity index is 2.73. The summed E-state index contributed by atoms with van der Waals surface area (Å²) in [5, 5.41) is 9.07. The lowest BCUT2D eigenvalue weighted by Crippen LogP contribution is -2.22. The van der Waals surface area contributed by atoms with E-state index in [2.05, 4.69) is 9.97 Å². The van der Waals surface area contributed by atoms with Crippen LogP contribution in [0, 0.1) is 0 Å². The van der Waals surface area contributed by atoms with E-state index in [0.717, 1.165) is 4.57 Å². The molecule has 6 nitrogen and oxygen atoms in total. The van der Waals surface area contributed by atoms with Crippen molar-refractivity contribution in [1.82, 2.24) is 14.5 Å². The van der Waals surface area contributed by atoms with Gasteiger partial charge in [0.25, 0.3) is 0 Å². The Kier molecular flexibility index (Phi) is 2.70. The summed E-state index contributed by atoms with van der Waals surface area (Å²) in [5.74, 6) is -1.13. The SMILES string of the molecule is Cn1cc(C(=O)O)c(-c2ccncc2)nc1=O. The Morgan fingerprint density at radius 1 is 1.35 bits per heavy atom. The highest BCUT2D eigenvalue weighted by Gasteiger charge is 2.15. The molecular formula is C11H9N3O3. The molecule has 0 radical (unpaired) electrons. The van der Waals surface area contributed by atoms with Crippen molar-refractivity contribution in [2.75, 3.05) is 0 Å². The highest BCUT2D eigenvalue weighted by molar-refractivity contribution is 5.94. The summed E-state index contributed by atoms with van der Waals surface area (Å²) in [4.78, 5) is 30.1. The van der Waals surface area contributed by atoms with Crippen LogP contribution < -0.4 is 5.69 Å². The van der Waals surface area contributed by atoms with E-state index in [9.17, 15) is 9.59 Å². The number of aryl methyl sites for hydroxylation is 1. The van der Waals surface area contributed by atoms with Crippen molar-refractivity contribution in [1.29, 1.82) is 0 Å². The van der Waals surface area contributed by atoms with Crippen molar-refractivity contribution < 1.29 is 9.90 Å². The number of aromatic carboxylic acids is 1. The third kappa shape index (κ3) is 2.05. The standard InChI is InChI=1S/C11H9N3O3/c1-14-6-8(10(15)16)9(13-11(14)17)7-2-4-12-5-3-7/h2-6H,1H3,(H,15,16). The van der Waals surface area contributed by atoms with E-state index in [4.69, 9.17) is 5.11 Å². The van der Waals surface area contributed by atoms with E-state index in [1.165, 1.54) is 25.6 Å². The van der Waals surface area contributed by atoms with Gasteiger partial charge in [-0.1, -0.05) is 0 Å². The molecule has 0 aromatic carbocycles. The number of carboxylic acids is 1. The van der Waals surface area contributed by atoms with Crippen molar-refractivity contribution in [3.8, 4) is 11.3 Å². The lowest BCUT2D eigenvalue weighted by atomic mass is 10.1. The maximum Gasteiger partial charge on any atom is 0.347 e. The molecule has 0 saturated carbocycles.